The molecule has 1 fully saturated rings. The summed E-state index contributed by atoms with van der Waals surface area (Å²) in [6.45, 7) is 12.2. The van der Waals surface area contributed by atoms with E-state index >= 15 is 0 Å². The van der Waals surface area contributed by atoms with Crippen LogP contribution in [0, 0.1) is 30.6 Å². The molecule has 5 N–H and O–H groups in total. The number of aliphatic carboxylic acids is 1. The van der Waals surface area contributed by atoms with E-state index in [-0.39, 0.29) is 71.4 Å². The molecular formula is C43H55N3O15. The van der Waals surface area contributed by atoms with E-state index < -0.39 is 101 Å². The molecule has 18 heteroatoms. The van der Waals surface area contributed by atoms with Crippen molar-refractivity contribution in [1.82, 2.24) is 10.2 Å². The molecule has 0 unspecified atom stereocenters. The lowest BCUT2D eigenvalue weighted by Gasteiger charge is -2.38. The van der Waals surface area contributed by atoms with Gasteiger partial charge in [-0.15, -0.1) is 0 Å². The van der Waals surface area contributed by atoms with Gasteiger partial charge in [-0.05, 0) is 19.9 Å². The van der Waals surface area contributed by atoms with Gasteiger partial charge in [0, 0.05) is 68.9 Å². The molecule has 5 aliphatic rings. The third kappa shape index (κ3) is 9.36. The van der Waals surface area contributed by atoms with E-state index in [9.17, 15) is 44.4 Å². The van der Waals surface area contributed by atoms with E-state index in [1.165, 1.54) is 53.2 Å². The molecule has 9 atom stereocenters. The number of carboxylic acids is 1. The number of aliphatic hydroxyl groups excluding tert-OH is 2. The number of carbonyl (C=O) groups is 5. The number of nitrogens with zero attached hydrogens (tertiary/aromatic N) is 2. The number of carbonyl (C=O) groups excluding carboxylic acids is 4. The molecule has 332 valence electrons. The van der Waals surface area contributed by atoms with E-state index in [1.54, 1.807) is 44.7 Å². The molecule has 1 aromatic rings. The molecule has 0 aromatic heterocycles. The number of allylic oxidation sites excluding steroid dienone is 4. The van der Waals surface area contributed by atoms with Gasteiger partial charge in [-0.1, -0.05) is 51.1 Å². The number of phenolic OH excluding ortho intramolecular Hbond substituents is 1. The molecule has 18 nitrogen and oxygen atoms in total. The zero-order valence-electron chi connectivity index (χ0n) is 35.7. The lowest BCUT2D eigenvalue weighted by molar-refractivity contribution is -0.160. The molecule has 1 saturated heterocycles. The van der Waals surface area contributed by atoms with Crippen LogP contribution in [0.1, 0.15) is 80.3 Å². The second kappa shape index (κ2) is 19.0. The second-order valence-corrected chi connectivity index (χ2v) is 15.9. The lowest BCUT2D eigenvalue weighted by Crippen LogP contribution is -2.46. The van der Waals surface area contributed by atoms with Crippen LogP contribution in [-0.4, -0.2) is 131 Å². The maximum absolute atomic E-state index is 15.0. The number of carboxylic acid groups (broad SMARTS) is 1. The number of aliphatic hydroxyl groups is 2. The van der Waals surface area contributed by atoms with Crippen molar-refractivity contribution >= 4 is 35.1 Å². The number of aromatic hydroxyl groups is 1. The Morgan fingerprint density at radius 2 is 1.64 bits per heavy atom. The highest BCUT2D eigenvalue weighted by molar-refractivity contribution is 6.33. The molecule has 1 aromatic carbocycles. The number of nitrogens with one attached hydrogen (secondary N) is 1. The summed E-state index contributed by atoms with van der Waals surface area (Å²) >= 11 is 0. The Balaban J connectivity index is 1.74. The Kier molecular flexibility index (Phi) is 14.5. The van der Waals surface area contributed by atoms with Gasteiger partial charge in [0.25, 0.3) is 11.7 Å². The van der Waals surface area contributed by atoms with Crippen molar-refractivity contribution in [2.24, 2.45) is 28.8 Å². The van der Waals surface area contributed by atoms with Gasteiger partial charge >= 0.3 is 11.9 Å². The number of hydrogen-bond acceptors (Lipinski definition) is 16. The number of amides is 1. The van der Waals surface area contributed by atoms with Crippen LogP contribution in [0.5, 0.6) is 11.5 Å². The molecule has 4 aliphatic heterocycles. The third-order valence-electron chi connectivity index (χ3n) is 11.6. The number of methoxy groups -OCH3 is 1. The number of fused-ring (bicyclic) bond motifs is 14. The van der Waals surface area contributed by atoms with Crippen molar-refractivity contribution in [2.45, 2.75) is 85.6 Å². The van der Waals surface area contributed by atoms with Gasteiger partial charge in [0.2, 0.25) is 18.2 Å². The van der Waals surface area contributed by atoms with Crippen LogP contribution in [0.15, 0.2) is 52.7 Å². The fourth-order valence-electron chi connectivity index (χ4n) is 8.06. The number of oxime groups is 1. The Morgan fingerprint density at radius 1 is 0.967 bits per heavy atom. The maximum atomic E-state index is 15.0. The summed E-state index contributed by atoms with van der Waals surface area (Å²) in [7, 11) is 1.41. The monoisotopic (exact) mass is 853 g/mol. The summed E-state index contributed by atoms with van der Waals surface area (Å²) in [5.41, 5.74) is -1.64. The van der Waals surface area contributed by atoms with E-state index in [2.05, 4.69) is 10.5 Å². The summed E-state index contributed by atoms with van der Waals surface area (Å²) in [5, 5.41) is 50.7. The first kappa shape index (κ1) is 46.5. The standard InChI is InChI=1S/C43H55N3O15/c1-20-11-10-12-21(2)42(55)44-32-33(46-14-17-57-18-15-46)38(54)29-30(37(32)53)36(52)25(6)40-31(29)41(45-59-19-28(48)49)43(8,61-40)58-16-13-27(56-9)22(3)39(60-26(7)47)24(5)35(51)23(4)34(20)50/h10-13,16,20,22-24,27,34-35,39,50-52H,14-15,17-19H2,1-9H3,(H,44,55)(H,48,49)/t20-,22+,23+,24+,27-,34-,35+,39+,43-/m0/s1. The normalized spacial score (nSPS) is 30.7. The molecule has 1 amide bonds. The molecule has 1 aliphatic carbocycles. The van der Waals surface area contributed by atoms with Crippen LogP contribution in [0.2, 0.25) is 0 Å². The van der Waals surface area contributed by atoms with Gasteiger partial charge in [-0.2, -0.15) is 0 Å². The van der Waals surface area contributed by atoms with Crippen molar-refractivity contribution in [3.8, 4) is 11.5 Å². The zero-order valence-corrected chi connectivity index (χ0v) is 35.7. The summed E-state index contributed by atoms with van der Waals surface area (Å²) in [6, 6.07) is 0. The smallest absolute Gasteiger partial charge is 0.344 e. The summed E-state index contributed by atoms with van der Waals surface area (Å²) < 4.78 is 29.6. The quantitative estimate of drug-likeness (QED) is 0.204. The number of ketones is 2. The highest BCUT2D eigenvalue weighted by Gasteiger charge is 2.52. The Labute approximate surface area is 353 Å². The fourth-order valence-corrected chi connectivity index (χ4v) is 8.06. The largest absolute Gasteiger partial charge is 0.507 e. The van der Waals surface area contributed by atoms with Gasteiger partial charge in [-0.3, -0.25) is 19.2 Å². The van der Waals surface area contributed by atoms with Crippen LogP contribution in [0.3, 0.4) is 0 Å². The number of ether oxygens (including phenoxy) is 5. The van der Waals surface area contributed by atoms with Crippen LogP contribution < -0.4 is 10.1 Å². The highest BCUT2D eigenvalue weighted by Crippen LogP contribution is 2.49. The number of morpholine rings is 1. The third-order valence-corrected chi connectivity index (χ3v) is 11.6. The van der Waals surface area contributed by atoms with Crippen LogP contribution in [-0.2, 0) is 38.2 Å². The molecular weight excluding hydrogens is 798 g/mol. The number of benzene rings is 1. The molecule has 4 heterocycles. The lowest BCUT2D eigenvalue weighted by atomic mass is 9.78. The van der Waals surface area contributed by atoms with Crippen molar-refractivity contribution in [3.63, 3.8) is 0 Å². The first-order valence-corrected chi connectivity index (χ1v) is 20.0. The van der Waals surface area contributed by atoms with E-state index in [0.717, 1.165) is 0 Å². The summed E-state index contributed by atoms with van der Waals surface area (Å²) in [4.78, 5) is 74.2. The minimum Gasteiger partial charge on any atom is -0.507 e. The SMILES string of the molecule is CO[C@H]1C=CO[C@@]2(C)Oc3c(C)c(O)c4c(c3C2=NOCC(=O)O)C(=O)C(N2CCOCC2)=C(NC(=O)C(C)=CC=C[C@H](C)[C@H](O)[C@@H](C)[C@@H](O)[C@@H](C)[C@H](OC(C)=O)[C@@H]1C)C4=O. The Hall–Kier alpha value is -5.56. The van der Waals surface area contributed by atoms with E-state index in [1.807, 2.05) is 0 Å². The average molecular weight is 854 g/mol. The molecule has 0 radical (unpaired) electrons. The molecule has 0 spiro atoms. The van der Waals surface area contributed by atoms with Crippen LogP contribution in [0.4, 0.5) is 0 Å². The predicted molar refractivity (Wildman–Crippen MR) is 216 cm³/mol. The van der Waals surface area contributed by atoms with Crippen molar-refractivity contribution in [1.29, 1.82) is 0 Å². The minimum atomic E-state index is -2.00. The topological polar surface area (TPSA) is 249 Å². The highest BCUT2D eigenvalue weighted by atomic mass is 16.7. The number of rotatable bonds is 6. The van der Waals surface area contributed by atoms with Crippen LogP contribution in [0.25, 0.3) is 0 Å². The summed E-state index contributed by atoms with van der Waals surface area (Å²) in [5.74, 6) is -9.78. The van der Waals surface area contributed by atoms with Gasteiger partial charge in [0.15, 0.2) is 5.71 Å². The fraction of sp³-hybridized carbons (Fsp3) is 0.535. The minimum absolute atomic E-state index is 0.00457. The Bertz CT molecular complexity index is 2080. The van der Waals surface area contributed by atoms with Crippen LogP contribution >= 0.6 is 0 Å². The Morgan fingerprint density at radius 3 is 2.26 bits per heavy atom. The van der Waals surface area contributed by atoms with Crippen molar-refractivity contribution in [3.05, 3.63) is 69.8 Å². The van der Waals surface area contributed by atoms with E-state index in [4.69, 9.17) is 28.5 Å². The predicted octanol–water partition coefficient (Wildman–Crippen LogP) is 2.91. The summed E-state index contributed by atoms with van der Waals surface area (Å²) in [6.07, 6.45) is 3.29. The first-order chi connectivity index (χ1) is 28.7. The van der Waals surface area contributed by atoms with Gasteiger partial charge in [0.05, 0.1) is 54.5 Å². The van der Waals surface area contributed by atoms with Gasteiger partial charge in [-0.25, -0.2) is 4.79 Å². The number of Topliss-reactive ketones (excluding diaryl/α,β-unsaturated/α-hetero) is 2. The molecule has 0 saturated carbocycles. The number of hydrogen-bond donors (Lipinski definition) is 5. The molecule has 61 heavy (non-hydrogen) atoms. The van der Waals surface area contributed by atoms with Gasteiger partial charge in [0.1, 0.15) is 29.0 Å². The van der Waals surface area contributed by atoms with Crippen molar-refractivity contribution < 1.29 is 72.9 Å². The zero-order chi connectivity index (χ0) is 45.1. The average Bonchev–Trinajstić information content (AvgIpc) is 3.51. The second-order valence-electron chi connectivity index (χ2n) is 15.9. The number of esters is 1. The van der Waals surface area contributed by atoms with Gasteiger partial charge < -0.3 is 59.2 Å². The maximum Gasteiger partial charge on any atom is 0.344 e. The molecule has 6 rings (SSSR count). The van der Waals surface area contributed by atoms with Crippen molar-refractivity contribution in [2.75, 3.05) is 40.0 Å². The number of phenols is 1. The first-order valence-electron chi connectivity index (χ1n) is 20.0. The molecule has 5 bridgehead atoms. The van der Waals surface area contributed by atoms with E-state index in [0.29, 0.717) is 0 Å².